The van der Waals surface area contributed by atoms with E-state index in [9.17, 15) is 9.59 Å². The molecule has 0 atom stereocenters. The van der Waals surface area contributed by atoms with Gasteiger partial charge in [-0.05, 0) is 61.3 Å². The monoisotopic (exact) mass is 451 g/mol. The third kappa shape index (κ3) is 5.30. The fraction of sp³-hybridized carbons (Fsp3) is 0.400. The molecule has 32 heavy (non-hydrogen) atoms. The molecule has 1 amide bonds. The molecule has 0 spiro atoms. The van der Waals surface area contributed by atoms with Crippen LogP contribution in [0.5, 0.6) is 0 Å². The van der Waals surface area contributed by atoms with Gasteiger partial charge in [0.05, 0.1) is 18.0 Å². The van der Waals surface area contributed by atoms with E-state index >= 15 is 0 Å². The van der Waals surface area contributed by atoms with Gasteiger partial charge in [0, 0.05) is 31.7 Å². The first-order chi connectivity index (χ1) is 15.5. The van der Waals surface area contributed by atoms with Gasteiger partial charge >= 0.3 is 5.97 Å². The molecule has 2 aromatic carbocycles. The zero-order valence-corrected chi connectivity index (χ0v) is 19.4. The Balaban J connectivity index is 1.73. The summed E-state index contributed by atoms with van der Waals surface area (Å²) < 4.78 is 5.21. The maximum Gasteiger partial charge on any atom is 0.332 e. The number of nitrogens with zero attached hydrogens (tertiary/aromatic N) is 3. The fourth-order valence-corrected chi connectivity index (χ4v) is 4.40. The second-order valence-electron chi connectivity index (χ2n) is 7.90. The molecule has 1 aliphatic heterocycles. The molecule has 168 valence electrons. The van der Waals surface area contributed by atoms with E-state index in [2.05, 4.69) is 27.3 Å². The fourth-order valence-electron chi connectivity index (χ4n) is 4.30. The standard InChI is InChI=1S/C25H29N3O3S/c1-3-23(29)28(22-7-5-4-6-8-22)25(24(30)31-2)14-17-27(18-15-25)16-13-20-9-11-21(12-10-20)26-19-32/h4-12H,3,13-18H2,1-2H3. The predicted molar refractivity (Wildman–Crippen MR) is 129 cm³/mol. The van der Waals surface area contributed by atoms with Crippen LogP contribution in [-0.4, -0.2) is 54.2 Å². The van der Waals surface area contributed by atoms with E-state index in [1.165, 1.54) is 12.7 Å². The SMILES string of the molecule is CCC(=O)N(c1ccccc1)C1(C(=O)OC)CCN(CCc2ccc(N=C=S)cc2)CC1. The number of piperidine rings is 1. The van der Waals surface area contributed by atoms with E-state index in [0.717, 1.165) is 24.3 Å². The number of para-hydroxylation sites is 1. The van der Waals surface area contributed by atoms with Gasteiger partial charge in [-0.2, -0.15) is 4.99 Å². The van der Waals surface area contributed by atoms with Crippen molar-refractivity contribution in [2.75, 3.05) is 31.6 Å². The average molecular weight is 452 g/mol. The van der Waals surface area contributed by atoms with Crippen LogP contribution in [0, 0.1) is 0 Å². The minimum absolute atomic E-state index is 0.0749. The number of methoxy groups -OCH3 is 1. The van der Waals surface area contributed by atoms with Crippen LogP contribution >= 0.6 is 12.2 Å². The maximum atomic E-state index is 13.0. The maximum absolute atomic E-state index is 13.0. The van der Waals surface area contributed by atoms with Crippen LogP contribution in [0.4, 0.5) is 11.4 Å². The summed E-state index contributed by atoms with van der Waals surface area (Å²) in [4.78, 5) is 34.0. The molecule has 1 aliphatic rings. The number of esters is 1. The zero-order valence-electron chi connectivity index (χ0n) is 18.6. The van der Waals surface area contributed by atoms with Crippen LogP contribution in [0.2, 0.25) is 0 Å². The third-order valence-electron chi connectivity index (χ3n) is 6.07. The predicted octanol–water partition coefficient (Wildman–Crippen LogP) is 4.41. The van der Waals surface area contributed by atoms with E-state index in [-0.39, 0.29) is 11.9 Å². The minimum atomic E-state index is -0.986. The van der Waals surface area contributed by atoms with Crippen LogP contribution in [0.1, 0.15) is 31.7 Å². The Labute approximate surface area is 194 Å². The molecule has 0 aromatic heterocycles. The highest BCUT2D eigenvalue weighted by atomic mass is 32.1. The zero-order chi connectivity index (χ0) is 23.0. The molecule has 7 heteroatoms. The molecule has 0 aliphatic carbocycles. The van der Waals surface area contributed by atoms with Crippen molar-refractivity contribution in [3.05, 3.63) is 60.2 Å². The van der Waals surface area contributed by atoms with Gasteiger partial charge in [-0.25, -0.2) is 4.79 Å². The van der Waals surface area contributed by atoms with Crippen molar-refractivity contribution < 1.29 is 14.3 Å². The van der Waals surface area contributed by atoms with Crippen molar-refractivity contribution in [2.45, 2.75) is 38.1 Å². The van der Waals surface area contributed by atoms with E-state index in [1.54, 1.807) is 4.90 Å². The number of benzene rings is 2. The van der Waals surface area contributed by atoms with E-state index in [0.29, 0.717) is 32.4 Å². The molecular weight excluding hydrogens is 422 g/mol. The first kappa shape index (κ1) is 23.8. The molecule has 1 saturated heterocycles. The average Bonchev–Trinajstić information content (AvgIpc) is 2.84. The third-order valence-corrected chi connectivity index (χ3v) is 6.16. The number of anilines is 1. The summed E-state index contributed by atoms with van der Waals surface area (Å²) in [6, 6.07) is 17.4. The lowest BCUT2D eigenvalue weighted by molar-refractivity contribution is -0.151. The minimum Gasteiger partial charge on any atom is -0.467 e. The second-order valence-corrected chi connectivity index (χ2v) is 8.09. The van der Waals surface area contributed by atoms with Crippen LogP contribution in [-0.2, 0) is 20.7 Å². The highest BCUT2D eigenvalue weighted by Gasteiger charge is 2.49. The quantitative estimate of drug-likeness (QED) is 0.338. The number of carbonyl (C=O) groups is 2. The Kier molecular flexibility index (Phi) is 8.28. The highest BCUT2D eigenvalue weighted by Crippen LogP contribution is 2.35. The van der Waals surface area contributed by atoms with Gasteiger partial charge in [0.25, 0.3) is 0 Å². The number of aliphatic imine (C=N–C) groups is 1. The molecule has 0 unspecified atom stereocenters. The number of hydrogen-bond acceptors (Lipinski definition) is 6. The number of hydrogen-bond donors (Lipinski definition) is 0. The van der Waals surface area contributed by atoms with E-state index < -0.39 is 5.54 Å². The molecule has 0 radical (unpaired) electrons. The number of carbonyl (C=O) groups excluding carboxylic acids is 2. The summed E-state index contributed by atoms with van der Waals surface area (Å²) in [5, 5.41) is 2.38. The summed E-state index contributed by atoms with van der Waals surface area (Å²) in [5.41, 5.74) is 1.76. The number of likely N-dealkylation sites (tertiary alicyclic amines) is 1. The summed E-state index contributed by atoms with van der Waals surface area (Å²) in [5.74, 6) is -0.424. The van der Waals surface area contributed by atoms with E-state index in [4.69, 9.17) is 4.74 Å². The first-order valence-corrected chi connectivity index (χ1v) is 11.3. The van der Waals surface area contributed by atoms with Gasteiger partial charge in [-0.1, -0.05) is 37.3 Å². The summed E-state index contributed by atoms with van der Waals surface area (Å²) >= 11 is 4.64. The van der Waals surface area contributed by atoms with Crippen LogP contribution in [0.15, 0.2) is 59.6 Å². The Morgan fingerprint density at radius 2 is 1.78 bits per heavy atom. The van der Waals surface area contributed by atoms with Crippen molar-refractivity contribution in [1.82, 2.24) is 4.90 Å². The van der Waals surface area contributed by atoms with Crippen LogP contribution in [0.3, 0.4) is 0 Å². The van der Waals surface area contributed by atoms with Gasteiger partial charge in [0.2, 0.25) is 5.91 Å². The van der Waals surface area contributed by atoms with Crippen LogP contribution in [0.25, 0.3) is 0 Å². The Morgan fingerprint density at radius 3 is 2.34 bits per heavy atom. The largest absolute Gasteiger partial charge is 0.467 e. The Bertz CT molecular complexity index is 964. The second kappa shape index (κ2) is 11.1. The van der Waals surface area contributed by atoms with Gasteiger partial charge < -0.3 is 9.64 Å². The Hall–Kier alpha value is -2.86. The summed E-state index contributed by atoms with van der Waals surface area (Å²) in [6.07, 6.45) is 2.27. The lowest BCUT2D eigenvalue weighted by Gasteiger charge is -2.46. The van der Waals surface area contributed by atoms with Crippen molar-refractivity contribution in [2.24, 2.45) is 4.99 Å². The van der Waals surface area contributed by atoms with Gasteiger partial charge in [0.1, 0.15) is 5.54 Å². The normalized spacial score (nSPS) is 15.4. The number of isothiocyanates is 1. The van der Waals surface area contributed by atoms with E-state index in [1.807, 2.05) is 61.5 Å². The highest BCUT2D eigenvalue weighted by molar-refractivity contribution is 7.78. The molecule has 1 heterocycles. The molecule has 0 N–H and O–H groups in total. The molecule has 1 fully saturated rings. The summed E-state index contributed by atoms with van der Waals surface area (Å²) in [7, 11) is 1.40. The van der Waals surface area contributed by atoms with Crippen molar-refractivity contribution >= 4 is 40.6 Å². The lowest BCUT2D eigenvalue weighted by Crippen LogP contribution is -2.62. The lowest BCUT2D eigenvalue weighted by atomic mass is 9.84. The number of ether oxygens (including phenoxy) is 1. The molecule has 6 nitrogen and oxygen atoms in total. The molecule has 3 rings (SSSR count). The molecular formula is C25H29N3O3S. The Morgan fingerprint density at radius 1 is 1.12 bits per heavy atom. The molecule has 0 saturated carbocycles. The number of amides is 1. The molecule has 2 aromatic rings. The van der Waals surface area contributed by atoms with Gasteiger partial charge in [-0.15, -0.1) is 0 Å². The van der Waals surface area contributed by atoms with Crippen LogP contribution < -0.4 is 4.90 Å². The first-order valence-electron chi connectivity index (χ1n) is 10.9. The van der Waals surface area contributed by atoms with Crippen molar-refractivity contribution in [3.8, 4) is 0 Å². The van der Waals surface area contributed by atoms with Gasteiger partial charge in [-0.3, -0.25) is 9.69 Å². The summed E-state index contributed by atoms with van der Waals surface area (Å²) in [6.45, 7) is 4.12. The van der Waals surface area contributed by atoms with Crippen molar-refractivity contribution in [3.63, 3.8) is 0 Å². The number of rotatable bonds is 8. The van der Waals surface area contributed by atoms with Crippen molar-refractivity contribution in [1.29, 1.82) is 0 Å². The number of thiocarbonyl (C=S) groups is 1. The molecule has 0 bridgehead atoms. The topological polar surface area (TPSA) is 62.2 Å². The van der Waals surface area contributed by atoms with Gasteiger partial charge in [0.15, 0.2) is 0 Å². The smallest absolute Gasteiger partial charge is 0.332 e.